The maximum Gasteiger partial charge on any atom is 0.251 e. The molecule has 0 aliphatic heterocycles. The molecule has 102 valence electrons. The number of benzene rings is 1. The van der Waals surface area contributed by atoms with E-state index in [4.69, 9.17) is 0 Å². The summed E-state index contributed by atoms with van der Waals surface area (Å²) in [6.07, 6.45) is 5.27. The van der Waals surface area contributed by atoms with Crippen molar-refractivity contribution in [2.45, 2.75) is 38.6 Å². The molecule has 1 amide bonds. The lowest BCUT2D eigenvalue weighted by Crippen LogP contribution is -2.40. The van der Waals surface area contributed by atoms with E-state index in [1.807, 2.05) is 0 Å². The Labute approximate surface area is 113 Å². The SMILES string of the molecule is C[C@@H](NC(=O)c1cccc(F)c1)[C@H]1C[C@H]2CC[C@H]1C2. The van der Waals surface area contributed by atoms with Crippen molar-refractivity contribution in [3.8, 4) is 0 Å². The first-order valence-corrected chi connectivity index (χ1v) is 7.20. The van der Waals surface area contributed by atoms with Gasteiger partial charge in [0, 0.05) is 11.6 Å². The highest BCUT2D eigenvalue weighted by Crippen LogP contribution is 2.49. The van der Waals surface area contributed by atoms with E-state index >= 15 is 0 Å². The Morgan fingerprint density at radius 3 is 2.84 bits per heavy atom. The smallest absolute Gasteiger partial charge is 0.251 e. The summed E-state index contributed by atoms with van der Waals surface area (Å²) >= 11 is 0. The molecule has 0 aromatic heterocycles. The number of hydrogen-bond acceptors (Lipinski definition) is 1. The Morgan fingerprint density at radius 1 is 1.37 bits per heavy atom. The Kier molecular flexibility index (Phi) is 3.29. The van der Waals surface area contributed by atoms with Crippen LogP contribution in [0.15, 0.2) is 24.3 Å². The van der Waals surface area contributed by atoms with Crippen LogP contribution in [0.5, 0.6) is 0 Å². The van der Waals surface area contributed by atoms with Gasteiger partial charge in [0.05, 0.1) is 0 Å². The first-order valence-electron chi connectivity index (χ1n) is 7.20. The second-order valence-electron chi connectivity index (χ2n) is 6.11. The molecule has 2 saturated carbocycles. The van der Waals surface area contributed by atoms with Gasteiger partial charge in [-0.25, -0.2) is 4.39 Å². The van der Waals surface area contributed by atoms with E-state index in [1.165, 1.54) is 37.8 Å². The van der Waals surface area contributed by atoms with Crippen molar-refractivity contribution < 1.29 is 9.18 Å². The van der Waals surface area contributed by atoms with Crippen LogP contribution in [0.3, 0.4) is 0 Å². The van der Waals surface area contributed by atoms with Crippen LogP contribution in [0.4, 0.5) is 4.39 Å². The molecule has 19 heavy (non-hydrogen) atoms. The van der Waals surface area contributed by atoms with Gasteiger partial charge in [0.1, 0.15) is 5.82 Å². The predicted octanol–water partition coefficient (Wildman–Crippen LogP) is 3.38. The standard InChI is InChI=1S/C16H20FNO/c1-10(15-8-11-5-6-12(15)7-11)18-16(19)13-3-2-4-14(17)9-13/h2-4,9-12,15H,5-8H2,1H3,(H,18,19)/t10-,11+,12+,15-/m1/s1. The van der Waals surface area contributed by atoms with E-state index in [-0.39, 0.29) is 17.8 Å². The molecular weight excluding hydrogens is 241 g/mol. The van der Waals surface area contributed by atoms with E-state index in [0.717, 1.165) is 11.8 Å². The van der Waals surface area contributed by atoms with Crippen LogP contribution in [0.25, 0.3) is 0 Å². The molecule has 0 unspecified atom stereocenters. The Balaban J connectivity index is 1.63. The highest BCUT2D eigenvalue weighted by Gasteiger charge is 2.42. The molecule has 2 fully saturated rings. The van der Waals surface area contributed by atoms with Crippen LogP contribution < -0.4 is 5.32 Å². The minimum atomic E-state index is -0.361. The van der Waals surface area contributed by atoms with Crippen molar-refractivity contribution in [1.82, 2.24) is 5.32 Å². The molecule has 0 spiro atoms. The molecule has 0 heterocycles. The molecule has 0 saturated heterocycles. The van der Waals surface area contributed by atoms with E-state index < -0.39 is 0 Å². The molecule has 2 nitrogen and oxygen atoms in total. The van der Waals surface area contributed by atoms with Crippen LogP contribution in [0, 0.1) is 23.6 Å². The van der Waals surface area contributed by atoms with Gasteiger partial charge in [0.2, 0.25) is 0 Å². The summed E-state index contributed by atoms with van der Waals surface area (Å²) in [4.78, 5) is 12.1. The maximum atomic E-state index is 13.1. The molecule has 3 heteroatoms. The Morgan fingerprint density at radius 2 is 2.21 bits per heavy atom. The van der Waals surface area contributed by atoms with E-state index in [1.54, 1.807) is 12.1 Å². The zero-order valence-corrected chi connectivity index (χ0v) is 11.2. The lowest BCUT2D eigenvalue weighted by atomic mass is 9.84. The van der Waals surface area contributed by atoms with Crippen molar-refractivity contribution in [3.05, 3.63) is 35.6 Å². The quantitative estimate of drug-likeness (QED) is 0.888. The molecule has 1 aromatic carbocycles. The Hall–Kier alpha value is -1.38. The van der Waals surface area contributed by atoms with E-state index in [9.17, 15) is 9.18 Å². The molecule has 2 aliphatic carbocycles. The van der Waals surface area contributed by atoms with Crippen LogP contribution in [-0.2, 0) is 0 Å². The van der Waals surface area contributed by atoms with Crippen molar-refractivity contribution >= 4 is 5.91 Å². The largest absolute Gasteiger partial charge is 0.349 e. The minimum absolute atomic E-state index is 0.158. The summed E-state index contributed by atoms with van der Waals surface area (Å²) in [5.74, 6) is 1.75. The van der Waals surface area contributed by atoms with Crippen molar-refractivity contribution in [3.63, 3.8) is 0 Å². The van der Waals surface area contributed by atoms with Crippen molar-refractivity contribution in [1.29, 1.82) is 0 Å². The Bertz CT molecular complexity index is 487. The molecule has 0 radical (unpaired) electrons. The molecule has 2 bridgehead atoms. The normalized spacial score (nSPS) is 30.3. The molecule has 3 rings (SSSR count). The topological polar surface area (TPSA) is 29.1 Å². The summed E-state index contributed by atoms with van der Waals surface area (Å²) in [5, 5.41) is 3.04. The van der Waals surface area contributed by atoms with Crippen LogP contribution >= 0.6 is 0 Å². The van der Waals surface area contributed by atoms with Gasteiger partial charge in [0.15, 0.2) is 0 Å². The number of nitrogens with one attached hydrogen (secondary N) is 1. The number of amides is 1. The number of halogens is 1. The summed E-state index contributed by atoms with van der Waals surface area (Å²) in [6, 6.07) is 6.07. The lowest BCUT2D eigenvalue weighted by Gasteiger charge is -2.28. The summed E-state index contributed by atoms with van der Waals surface area (Å²) in [7, 11) is 0. The average molecular weight is 261 g/mol. The first-order chi connectivity index (χ1) is 9.13. The fraction of sp³-hybridized carbons (Fsp3) is 0.562. The molecule has 4 atom stereocenters. The summed E-state index contributed by atoms with van der Waals surface area (Å²) in [6.45, 7) is 2.09. The summed E-state index contributed by atoms with van der Waals surface area (Å²) in [5.41, 5.74) is 0.412. The highest BCUT2D eigenvalue weighted by molar-refractivity contribution is 5.94. The number of rotatable bonds is 3. The molecule has 1 aromatic rings. The monoisotopic (exact) mass is 261 g/mol. The van der Waals surface area contributed by atoms with Gasteiger partial charge in [0.25, 0.3) is 5.91 Å². The third-order valence-electron chi connectivity index (χ3n) is 4.88. The van der Waals surface area contributed by atoms with Gasteiger partial charge in [-0.05, 0) is 62.1 Å². The zero-order valence-electron chi connectivity index (χ0n) is 11.2. The van der Waals surface area contributed by atoms with Crippen LogP contribution in [0.2, 0.25) is 0 Å². The minimum Gasteiger partial charge on any atom is -0.349 e. The van der Waals surface area contributed by atoms with Gasteiger partial charge in [-0.15, -0.1) is 0 Å². The number of carbonyl (C=O) groups is 1. The first kappa shape index (κ1) is 12.6. The van der Waals surface area contributed by atoms with Crippen LogP contribution in [-0.4, -0.2) is 11.9 Å². The zero-order chi connectivity index (χ0) is 13.4. The fourth-order valence-electron chi connectivity index (χ4n) is 3.93. The van der Waals surface area contributed by atoms with Gasteiger partial charge in [-0.2, -0.15) is 0 Å². The number of hydrogen-bond donors (Lipinski definition) is 1. The second-order valence-corrected chi connectivity index (χ2v) is 6.11. The van der Waals surface area contributed by atoms with Crippen LogP contribution in [0.1, 0.15) is 43.0 Å². The van der Waals surface area contributed by atoms with Crippen molar-refractivity contribution in [2.75, 3.05) is 0 Å². The van der Waals surface area contributed by atoms with Gasteiger partial charge >= 0.3 is 0 Å². The molecule has 2 aliphatic rings. The average Bonchev–Trinajstić information content (AvgIpc) is 3.00. The summed E-state index contributed by atoms with van der Waals surface area (Å²) < 4.78 is 13.1. The maximum absolute atomic E-state index is 13.1. The molecule has 1 N–H and O–H groups in total. The molecular formula is C16H20FNO. The lowest BCUT2D eigenvalue weighted by molar-refractivity contribution is 0.0915. The number of fused-ring (bicyclic) bond motifs is 2. The third kappa shape index (κ3) is 2.51. The predicted molar refractivity (Wildman–Crippen MR) is 72.3 cm³/mol. The van der Waals surface area contributed by atoms with Crippen molar-refractivity contribution in [2.24, 2.45) is 17.8 Å². The second kappa shape index (κ2) is 4.95. The van der Waals surface area contributed by atoms with Gasteiger partial charge < -0.3 is 5.32 Å². The third-order valence-corrected chi connectivity index (χ3v) is 4.88. The van der Waals surface area contributed by atoms with E-state index in [2.05, 4.69) is 12.2 Å². The highest BCUT2D eigenvalue weighted by atomic mass is 19.1. The van der Waals surface area contributed by atoms with Gasteiger partial charge in [-0.1, -0.05) is 12.5 Å². The number of carbonyl (C=O) groups excluding carboxylic acids is 1. The fourth-order valence-corrected chi connectivity index (χ4v) is 3.93. The van der Waals surface area contributed by atoms with E-state index in [0.29, 0.717) is 11.5 Å². The van der Waals surface area contributed by atoms with Gasteiger partial charge in [-0.3, -0.25) is 4.79 Å².